The predicted octanol–water partition coefficient (Wildman–Crippen LogP) is 18.4. The van der Waals surface area contributed by atoms with Gasteiger partial charge >= 0.3 is 17.9 Å². The minimum atomic E-state index is -0.796. The first-order valence-corrected chi connectivity index (χ1v) is 27.6. The first-order valence-electron chi connectivity index (χ1n) is 27.6. The van der Waals surface area contributed by atoms with Gasteiger partial charge in [-0.05, 0) is 96.3 Å². The maximum absolute atomic E-state index is 12.8. The number of hydrogen-bond acceptors (Lipinski definition) is 6. The Morgan fingerprint density at radius 3 is 0.985 bits per heavy atom. The van der Waals surface area contributed by atoms with Crippen LogP contribution in [0.5, 0.6) is 0 Å². The van der Waals surface area contributed by atoms with Crippen molar-refractivity contribution in [2.45, 2.75) is 264 Å². The fourth-order valence-corrected chi connectivity index (χ4v) is 7.50. The summed E-state index contributed by atoms with van der Waals surface area (Å²) in [6.07, 6.45) is 70.0. The van der Waals surface area contributed by atoms with E-state index in [1.165, 1.54) is 116 Å². The lowest BCUT2D eigenvalue weighted by molar-refractivity contribution is -0.167. The minimum Gasteiger partial charge on any atom is -0.462 e. The molecule has 0 aliphatic heterocycles. The fraction of sp³-hybridized carbons (Fsp3) is 0.717. The molecule has 0 saturated heterocycles. The van der Waals surface area contributed by atoms with Crippen molar-refractivity contribution >= 4 is 17.9 Å². The quantitative estimate of drug-likeness (QED) is 0.0262. The van der Waals surface area contributed by atoms with Crippen LogP contribution in [-0.4, -0.2) is 37.2 Å². The molecule has 0 aliphatic carbocycles. The van der Waals surface area contributed by atoms with Gasteiger partial charge in [0.05, 0.1) is 0 Å². The topological polar surface area (TPSA) is 78.9 Å². The van der Waals surface area contributed by atoms with Crippen LogP contribution in [0.1, 0.15) is 258 Å². The lowest BCUT2D eigenvalue weighted by Gasteiger charge is -2.18. The summed E-state index contributed by atoms with van der Waals surface area (Å²) in [7, 11) is 0. The second-order valence-corrected chi connectivity index (χ2v) is 18.1. The van der Waals surface area contributed by atoms with E-state index in [4.69, 9.17) is 14.2 Å². The standard InChI is InChI=1S/C60H102O6/c1-4-7-10-13-16-19-22-25-27-28-29-30-31-32-33-36-38-41-44-47-50-53-59(62)65-56-57(55-64-58(61)52-49-46-43-40-37-34-24-21-18-15-12-9-6-3)66-60(63)54-51-48-45-42-39-35-26-23-20-17-14-11-8-5-2/h7,10,16,19,21,24-25,27,29-30,32-33,38,41,57H,4-6,8-9,11-15,17-18,20,22-23,26,28,31,34-37,39-40,42-56H2,1-3H3/b10-7-,19-16-,24-21-,27-25-,30-29-,33-32-,41-38-. The zero-order valence-electron chi connectivity index (χ0n) is 43.2. The van der Waals surface area contributed by atoms with Crippen molar-refractivity contribution in [2.24, 2.45) is 0 Å². The number of carbonyl (C=O) groups excluding carboxylic acids is 3. The third kappa shape index (κ3) is 51.6. The molecule has 0 radical (unpaired) electrons. The number of carbonyl (C=O) groups is 3. The Morgan fingerprint density at radius 1 is 0.318 bits per heavy atom. The van der Waals surface area contributed by atoms with Gasteiger partial charge in [-0.3, -0.25) is 14.4 Å². The third-order valence-electron chi connectivity index (χ3n) is 11.6. The molecular weight excluding hydrogens is 817 g/mol. The van der Waals surface area contributed by atoms with Crippen molar-refractivity contribution in [3.63, 3.8) is 0 Å². The van der Waals surface area contributed by atoms with E-state index in [1.54, 1.807) is 0 Å². The van der Waals surface area contributed by atoms with Gasteiger partial charge < -0.3 is 14.2 Å². The Bertz CT molecular complexity index is 1290. The molecule has 6 heteroatoms. The molecule has 0 aliphatic rings. The van der Waals surface area contributed by atoms with E-state index in [-0.39, 0.29) is 31.1 Å². The maximum Gasteiger partial charge on any atom is 0.306 e. The van der Waals surface area contributed by atoms with Gasteiger partial charge in [0.1, 0.15) is 13.2 Å². The Balaban J connectivity index is 4.44. The molecule has 0 rings (SSSR count). The molecule has 0 N–H and O–H groups in total. The van der Waals surface area contributed by atoms with Gasteiger partial charge in [-0.15, -0.1) is 0 Å². The number of rotatable bonds is 49. The average molecular weight is 919 g/mol. The maximum atomic E-state index is 12.8. The van der Waals surface area contributed by atoms with Crippen LogP contribution in [0.4, 0.5) is 0 Å². The molecule has 0 amide bonds. The van der Waals surface area contributed by atoms with Gasteiger partial charge in [0.2, 0.25) is 0 Å². The monoisotopic (exact) mass is 919 g/mol. The summed E-state index contributed by atoms with van der Waals surface area (Å²) in [4.78, 5) is 38.0. The van der Waals surface area contributed by atoms with E-state index in [2.05, 4.69) is 106 Å². The Labute approximate surface area is 407 Å². The molecule has 0 heterocycles. The lowest BCUT2D eigenvalue weighted by Crippen LogP contribution is -2.30. The molecule has 66 heavy (non-hydrogen) atoms. The molecule has 0 aromatic heterocycles. The van der Waals surface area contributed by atoms with Gasteiger partial charge in [-0.25, -0.2) is 0 Å². The molecule has 0 aromatic rings. The van der Waals surface area contributed by atoms with Crippen LogP contribution < -0.4 is 0 Å². The zero-order chi connectivity index (χ0) is 47.9. The highest BCUT2D eigenvalue weighted by atomic mass is 16.6. The van der Waals surface area contributed by atoms with Crippen LogP contribution in [0, 0.1) is 0 Å². The summed E-state index contributed by atoms with van der Waals surface area (Å²) in [5, 5.41) is 0. The van der Waals surface area contributed by atoms with E-state index in [0.717, 1.165) is 103 Å². The van der Waals surface area contributed by atoms with Crippen LogP contribution >= 0.6 is 0 Å². The molecule has 0 spiro atoms. The second kappa shape index (κ2) is 54.2. The number of allylic oxidation sites excluding steroid dienone is 14. The van der Waals surface area contributed by atoms with Crippen molar-refractivity contribution in [1.82, 2.24) is 0 Å². The normalized spacial score (nSPS) is 12.7. The molecule has 0 fully saturated rings. The summed E-state index contributed by atoms with van der Waals surface area (Å²) in [5.74, 6) is -0.942. The van der Waals surface area contributed by atoms with Crippen LogP contribution in [0.15, 0.2) is 85.1 Å². The van der Waals surface area contributed by atoms with Crippen molar-refractivity contribution in [1.29, 1.82) is 0 Å². The lowest BCUT2D eigenvalue weighted by atomic mass is 10.0. The predicted molar refractivity (Wildman–Crippen MR) is 284 cm³/mol. The van der Waals surface area contributed by atoms with Crippen molar-refractivity contribution < 1.29 is 28.6 Å². The molecule has 378 valence electrons. The molecule has 0 aromatic carbocycles. The van der Waals surface area contributed by atoms with E-state index in [9.17, 15) is 14.4 Å². The Hall–Kier alpha value is -3.41. The highest BCUT2D eigenvalue weighted by Crippen LogP contribution is 2.15. The van der Waals surface area contributed by atoms with E-state index in [0.29, 0.717) is 19.3 Å². The first kappa shape index (κ1) is 62.6. The molecule has 0 bridgehead atoms. The van der Waals surface area contributed by atoms with Crippen molar-refractivity contribution in [2.75, 3.05) is 13.2 Å². The fourth-order valence-electron chi connectivity index (χ4n) is 7.50. The SMILES string of the molecule is CC/C=C\C/C=C\C/C=C\C/C=C\C/C=C\C/C=C\CCCCC(=O)OCC(COC(=O)CCCCCCC/C=C\CCCCCC)OC(=O)CCCCCCCCCCCCCCCC. The van der Waals surface area contributed by atoms with Gasteiger partial charge in [-0.2, -0.15) is 0 Å². The van der Waals surface area contributed by atoms with E-state index >= 15 is 0 Å². The highest BCUT2D eigenvalue weighted by molar-refractivity contribution is 5.71. The molecule has 0 saturated carbocycles. The van der Waals surface area contributed by atoms with Crippen LogP contribution in [-0.2, 0) is 28.6 Å². The molecule has 1 unspecified atom stereocenters. The Kier molecular flexibility index (Phi) is 51.4. The smallest absolute Gasteiger partial charge is 0.306 e. The van der Waals surface area contributed by atoms with Crippen LogP contribution in [0.3, 0.4) is 0 Å². The highest BCUT2D eigenvalue weighted by Gasteiger charge is 2.19. The summed E-state index contributed by atoms with van der Waals surface area (Å²) < 4.78 is 16.8. The molecule has 6 nitrogen and oxygen atoms in total. The third-order valence-corrected chi connectivity index (χ3v) is 11.6. The van der Waals surface area contributed by atoms with Gasteiger partial charge in [0, 0.05) is 19.3 Å². The zero-order valence-corrected chi connectivity index (χ0v) is 43.2. The summed E-state index contributed by atoms with van der Waals surface area (Å²) >= 11 is 0. The Morgan fingerprint density at radius 2 is 0.591 bits per heavy atom. The molecule has 1 atom stereocenters. The largest absolute Gasteiger partial charge is 0.462 e. The number of ether oxygens (including phenoxy) is 3. The second-order valence-electron chi connectivity index (χ2n) is 18.1. The summed E-state index contributed by atoms with van der Waals surface area (Å²) in [6.45, 7) is 6.47. The van der Waals surface area contributed by atoms with Crippen molar-refractivity contribution in [3.8, 4) is 0 Å². The summed E-state index contributed by atoms with van der Waals surface area (Å²) in [5.41, 5.74) is 0. The minimum absolute atomic E-state index is 0.0932. The molecular formula is C60H102O6. The van der Waals surface area contributed by atoms with Gasteiger partial charge in [0.15, 0.2) is 6.10 Å². The van der Waals surface area contributed by atoms with E-state index < -0.39 is 6.10 Å². The average Bonchev–Trinajstić information content (AvgIpc) is 3.31. The first-order chi connectivity index (χ1) is 32.5. The van der Waals surface area contributed by atoms with Gasteiger partial charge in [-0.1, -0.05) is 228 Å². The number of hydrogen-bond donors (Lipinski definition) is 0. The van der Waals surface area contributed by atoms with E-state index in [1.807, 2.05) is 0 Å². The number of unbranched alkanes of at least 4 members (excludes halogenated alkanes) is 24. The van der Waals surface area contributed by atoms with Crippen LogP contribution in [0.25, 0.3) is 0 Å². The number of esters is 3. The van der Waals surface area contributed by atoms with Gasteiger partial charge in [0.25, 0.3) is 0 Å². The van der Waals surface area contributed by atoms with Crippen molar-refractivity contribution in [3.05, 3.63) is 85.1 Å². The summed E-state index contributed by atoms with van der Waals surface area (Å²) in [6, 6.07) is 0. The van der Waals surface area contributed by atoms with Crippen LogP contribution in [0.2, 0.25) is 0 Å².